The van der Waals surface area contributed by atoms with Gasteiger partial charge in [-0.05, 0) is 145 Å². The van der Waals surface area contributed by atoms with E-state index in [1.165, 1.54) is 109 Å². The van der Waals surface area contributed by atoms with Crippen molar-refractivity contribution in [2.45, 2.75) is 0 Å². The molecule has 3 nitrogen and oxygen atoms in total. The molecule has 384 valence electrons. The Bertz CT molecular complexity index is 4860. The zero-order valence-electron chi connectivity index (χ0n) is 44.9. The SMILES string of the molecule is c1ccc(-c2ccc3c(c2)c2cc(-c4ccccc4)ccc2n3-c2ccc3c(c2)c2cc([Si](c4ccccc4)(c4ccccc4)c4ccccc4)ccc2n3-c2ccc3c(c2)c2cc(-c4ccccc4)ccc2n3-c2ccccc2)cc1. The van der Waals surface area contributed by atoms with Crippen LogP contribution in [0.2, 0.25) is 0 Å². The van der Waals surface area contributed by atoms with Crippen LogP contribution in [0, 0.1) is 0 Å². The zero-order valence-corrected chi connectivity index (χ0v) is 45.9. The first-order valence-corrected chi connectivity index (χ1v) is 30.3. The number of hydrogen-bond donors (Lipinski definition) is 0. The minimum Gasteiger partial charge on any atom is -0.309 e. The lowest BCUT2D eigenvalue weighted by Crippen LogP contribution is -2.74. The molecule has 0 aliphatic rings. The van der Waals surface area contributed by atoms with E-state index in [2.05, 4.69) is 335 Å². The van der Waals surface area contributed by atoms with Gasteiger partial charge < -0.3 is 13.7 Å². The van der Waals surface area contributed by atoms with E-state index < -0.39 is 8.07 Å². The standard InChI is InChI=1S/C78H53N3Si/c1-8-22-54(23-9-1)57-37-43-74-67(48-57)68-49-58(55-24-10-2-11-25-55)38-44-75(68)80(74)62-40-46-77-71(52-62)72-53-66(82(63-30-16-5-17-31-63,64-32-18-6-19-33-64)65-34-20-7-21-35-65)41-47-78(72)81(77)61-39-45-76-70(51-61)69-50-59(56-26-12-3-13-27-56)36-42-73(69)79(76)60-28-14-4-15-29-60/h1-53H. The molecule has 0 radical (unpaired) electrons. The zero-order chi connectivity index (χ0) is 54.1. The normalized spacial score (nSPS) is 11.9. The van der Waals surface area contributed by atoms with Gasteiger partial charge in [-0.1, -0.05) is 231 Å². The van der Waals surface area contributed by atoms with E-state index >= 15 is 0 Å². The van der Waals surface area contributed by atoms with Gasteiger partial charge >= 0.3 is 0 Å². The summed E-state index contributed by atoms with van der Waals surface area (Å²) >= 11 is 0. The molecule has 13 aromatic carbocycles. The van der Waals surface area contributed by atoms with Crippen molar-refractivity contribution in [1.82, 2.24) is 13.7 Å². The molecule has 16 rings (SSSR count). The molecule has 3 aromatic heterocycles. The third kappa shape index (κ3) is 7.57. The van der Waals surface area contributed by atoms with Crippen molar-refractivity contribution in [3.63, 3.8) is 0 Å². The van der Waals surface area contributed by atoms with E-state index in [9.17, 15) is 0 Å². The third-order valence-electron chi connectivity index (χ3n) is 17.2. The summed E-state index contributed by atoms with van der Waals surface area (Å²) in [5.74, 6) is 0. The highest BCUT2D eigenvalue weighted by Gasteiger charge is 2.41. The molecule has 0 unspecified atom stereocenters. The number of benzene rings is 13. The summed E-state index contributed by atoms with van der Waals surface area (Å²) in [6.07, 6.45) is 0. The Hall–Kier alpha value is -10.5. The molecule has 3 heterocycles. The number of rotatable bonds is 10. The molecule has 0 atom stereocenters. The maximum Gasteiger partial charge on any atom is 0.179 e. The number of fused-ring (bicyclic) bond motifs is 9. The van der Waals surface area contributed by atoms with Gasteiger partial charge in [0.1, 0.15) is 0 Å². The van der Waals surface area contributed by atoms with Crippen LogP contribution in [0.4, 0.5) is 0 Å². The van der Waals surface area contributed by atoms with E-state index in [0.717, 1.165) is 28.1 Å². The summed E-state index contributed by atoms with van der Waals surface area (Å²) in [7, 11) is -2.93. The lowest BCUT2D eigenvalue weighted by Gasteiger charge is -2.34. The topological polar surface area (TPSA) is 14.8 Å². The largest absolute Gasteiger partial charge is 0.309 e. The minimum absolute atomic E-state index is 1.11. The fraction of sp³-hybridized carbons (Fsp3) is 0. The van der Waals surface area contributed by atoms with Crippen molar-refractivity contribution in [1.29, 1.82) is 0 Å². The summed E-state index contributed by atoms with van der Waals surface area (Å²) < 4.78 is 7.43. The number of hydrogen-bond acceptors (Lipinski definition) is 0. The smallest absolute Gasteiger partial charge is 0.179 e. The number of aromatic nitrogens is 3. The van der Waals surface area contributed by atoms with Gasteiger partial charge in [0.05, 0.1) is 33.1 Å². The van der Waals surface area contributed by atoms with Crippen LogP contribution < -0.4 is 20.7 Å². The van der Waals surface area contributed by atoms with Crippen LogP contribution in [0.1, 0.15) is 0 Å². The fourth-order valence-corrected chi connectivity index (χ4v) is 18.2. The molecular formula is C78H53N3Si. The molecule has 0 N–H and O–H groups in total. The molecule has 4 heteroatoms. The highest BCUT2D eigenvalue weighted by atomic mass is 28.3. The van der Waals surface area contributed by atoms with Crippen molar-refractivity contribution < 1.29 is 0 Å². The minimum atomic E-state index is -2.93. The van der Waals surface area contributed by atoms with Gasteiger partial charge in [-0.2, -0.15) is 0 Å². The van der Waals surface area contributed by atoms with Crippen LogP contribution in [0.3, 0.4) is 0 Å². The summed E-state index contributed by atoms with van der Waals surface area (Å²) in [4.78, 5) is 0. The van der Waals surface area contributed by atoms with Gasteiger partial charge in [-0.15, -0.1) is 0 Å². The fourth-order valence-electron chi connectivity index (χ4n) is 13.5. The molecule has 0 amide bonds. The van der Waals surface area contributed by atoms with Crippen molar-refractivity contribution >= 4 is 94.2 Å². The third-order valence-corrected chi connectivity index (χ3v) is 21.9. The molecule has 0 saturated heterocycles. The number of para-hydroxylation sites is 1. The van der Waals surface area contributed by atoms with Crippen LogP contribution >= 0.6 is 0 Å². The first kappa shape index (κ1) is 47.5. The molecule has 0 aliphatic carbocycles. The molecule has 0 bridgehead atoms. The van der Waals surface area contributed by atoms with Gasteiger partial charge in [-0.3, -0.25) is 0 Å². The van der Waals surface area contributed by atoms with Gasteiger partial charge in [0, 0.05) is 49.4 Å². The highest BCUT2D eigenvalue weighted by molar-refractivity contribution is 7.20. The summed E-state index contributed by atoms with van der Waals surface area (Å²) in [5.41, 5.74) is 17.6. The predicted molar refractivity (Wildman–Crippen MR) is 349 cm³/mol. The highest BCUT2D eigenvalue weighted by Crippen LogP contribution is 2.42. The van der Waals surface area contributed by atoms with Crippen LogP contribution in [-0.4, -0.2) is 21.8 Å². The van der Waals surface area contributed by atoms with E-state index in [0.29, 0.717) is 0 Å². The molecule has 82 heavy (non-hydrogen) atoms. The van der Waals surface area contributed by atoms with Gasteiger partial charge in [0.15, 0.2) is 8.07 Å². The lowest BCUT2D eigenvalue weighted by atomic mass is 10.0. The maximum atomic E-state index is 2.56. The first-order chi connectivity index (χ1) is 40.7. The van der Waals surface area contributed by atoms with Crippen LogP contribution in [-0.2, 0) is 0 Å². The van der Waals surface area contributed by atoms with Crippen molar-refractivity contribution in [3.05, 3.63) is 322 Å². The van der Waals surface area contributed by atoms with Crippen LogP contribution in [0.15, 0.2) is 322 Å². The van der Waals surface area contributed by atoms with Crippen molar-refractivity contribution in [2.75, 3.05) is 0 Å². The molecule has 0 aliphatic heterocycles. The van der Waals surface area contributed by atoms with Gasteiger partial charge in [-0.25, -0.2) is 0 Å². The Morgan fingerprint density at radius 2 is 0.439 bits per heavy atom. The average Bonchev–Trinajstić information content (AvgIpc) is 4.24. The van der Waals surface area contributed by atoms with Crippen molar-refractivity contribution in [2.24, 2.45) is 0 Å². The average molecular weight is 1060 g/mol. The Kier molecular flexibility index (Phi) is 11.2. The summed E-state index contributed by atoms with van der Waals surface area (Å²) in [6, 6.07) is 120. The second-order valence-electron chi connectivity index (χ2n) is 21.6. The maximum absolute atomic E-state index is 2.93. The summed E-state index contributed by atoms with van der Waals surface area (Å²) in [6.45, 7) is 0. The van der Waals surface area contributed by atoms with Crippen molar-refractivity contribution in [3.8, 4) is 50.4 Å². The molecule has 0 fully saturated rings. The Balaban J connectivity index is 0.986. The van der Waals surface area contributed by atoms with E-state index in [-0.39, 0.29) is 0 Å². The second kappa shape index (κ2) is 19.4. The first-order valence-electron chi connectivity index (χ1n) is 28.3. The summed E-state index contributed by atoms with van der Waals surface area (Å²) in [5, 5.41) is 12.7. The van der Waals surface area contributed by atoms with Crippen LogP contribution in [0.25, 0.3) is 116 Å². The van der Waals surface area contributed by atoms with E-state index in [4.69, 9.17) is 0 Å². The van der Waals surface area contributed by atoms with Gasteiger partial charge in [0.2, 0.25) is 0 Å². The molecule has 16 aromatic rings. The van der Waals surface area contributed by atoms with Gasteiger partial charge in [0.25, 0.3) is 0 Å². The Morgan fingerprint density at radius 1 is 0.171 bits per heavy atom. The number of nitrogens with zero attached hydrogens (tertiary/aromatic N) is 3. The van der Waals surface area contributed by atoms with E-state index in [1.807, 2.05) is 0 Å². The quantitative estimate of drug-likeness (QED) is 0.0958. The second-order valence-corrected chi connectivity index (χ2v) is 25.4. The monoisotopic (exact) mass is 1060 g/mol. The predicted octanol–water partition coefficient (Wildman–Crippen LogP) is 17.4. The Labute approximate surface area is 477 Å². The Morgan fingerprint density at radius 3 is 0.793 bits per heavy atom. The molecule has 0 saturated carbocycles. The molecule has 0 spiro atoms. The van der Waals surface area contributed by atoms with Crippen LogP contribution in [0.5, 0.6) is 0 Å². The van der Waals surface area contributed by atoms with E-state index in [1.54, 1.807) is 0 Å². The lowest BCUT2D eigenvalue weighted by molar-refractivity contribution is 1.16. The molecular weight excluding hydrogens is 1010 g/mol.